The average molecular weight is 455 g/mol. The molecule has 0 radical (unpaired) electrons. The van der Waals surface area contributed by atoms with Gasteiger partial charge in [-0.2, -0.15) is 0 Å². The fraction of sp³-hybridized carbons (Fsp3) is 0.316. The molecular weight excluding hydrogens is 429 g/mol. The first kappa shape index (κ1) is 21.2. The van der Waals surface area contributed by atoms with E-state index in [1.807, 2.05) is 60.7 Å². The van der Waals surface area contributed by atoms with Crippen LogP contribution in [0.5, 0.6) is 5.75 Å². The highest BCUT2D eigenvalue weighted by molar-refractivity contribution is 14.0. The van der Waals surface area contributed by atoms with Crippen LogP contribution >= 0.6 is 24.0 Å². The van der Waals surface area contributed by atoms with Gasteiger partial charge in [0.25, 0.3) is 0 Å². The second-order valence-electron chi connectivity index (χ2n) is 5.33. The van der Waals surface area contributed by atoms with Gasteiger partial charge >= 0.3 is 0 Å². The van der Waals surface area contributed by atoms with Crippen molar-refractivity contribution < 1.29 is 9.84 Å². The van der Waals surface area contributed by atoms with Crippen LogP contribution in [-0.4, -0.2) is 44.4 Å². The van der Waals surface area contributed by atoms with Crippen molar-refractivity contribution in [2.45, 2.75) is 5.92 Å². The molecule has 25 heavy (non-hydrogen) atoms. The molecule has 0 aliphatic heterocycles. The molecule has 0 saturated heterocycles. The van der Waals surface area contributed by atoms with Gasteiger partial charge in [-0.15, -0.1) is 24.0 Å². The van der Waals surface area contributed by atoms with Gasteiger partial charge in [-0.1, -0.05) is 48.5 Å². The minimum absolute atomic E-state index is 0. The van der Waals surface area contributed by atoms with Gasteiger partial charge in [0.1, 0.15) is 12.4 Å². The minimum Gasteiger partial charge on any atom is -0.492 e. The molecule has 0 aliphatic carbocycles. The molecule has 136 valence electrons. The van der Waals surface area contributed by atoms with Crippen LogP contribution < -0.4 is 15.4 Å². The topological polar surface area (TPSA) is 65.9 Å². The van der Waals surface area contributed by atoms with Gasteiger partial charge in [0.2, 0.25) is 0 Å². The number of para-hydroxylation sites is 1. The Labute approximate surface area is 166 Å². The van der Waals surface area contributed by atoms with E-state index in [-0.39, 0.29) is 36.5 Å². The van der Waals surface area contributed by atoms with Crippen LogP contribution in [0.25, 0.3) is 0 Å². The highest BCUT2D eigenvalue weighted by Gasteiger charge is 2.10. The molecule has 0 fully saturated rings. The first-order chi connectivity index (χ1) is 11.8. The molecule has 0 aliphatic rings. The molecule has 6 heteroatoms. The predicted octanol–water partition coefficient (Wildman–Crippen LogP) is 2.62. The van der Waals surface area contributed by atoms with Gasteiger partial charge in [0.15, 0.2) is 5.96 Å². The SMILES string of the molecule is CN=C(NCCOc1ccccc1)NCC(CO)c1ccccc1.I. The molecule has 3 N–H and O–H groups in total. The smallest absolute Gasteiger partial charge is 0.191 e. The van der Waals surface area contributed by atoms with Crippen molar-refractivity contribution >= 4 is 29.9 Å². The van der Waals surface area contributed by atoms with E-state index < -0.39 is 0 Å². The zero-order valence-electron chi connectivity index (χ0n) is 14.4. The summed E-state index contributed by atoms with van der Waals surface area (Å²) in [5.74, 6) is 1.58. The summed E-state index contributed by atoms with van der Waals surface area (Å²) in [6.45, 7) is 1.89. The van der Waals surface area contributed by atoms with Crippen molar-refractivity contribution in [1.29, 1.82) is 0 Å². The first-order valence-corrected chi connectivity index (χ1v) is 8.11. The van der Waals surface area contributed by atoms with Gasteiger partial charge in [-0.3, -0.25) is 4.99 Å². The lowest BCUT2D eigenvalue weighted by atomic mass is 10.0. The number of aliphatic imine (C=N–C) groups is 1. The highest BCUT2D eigenvalue weighted by Crippen LogP contribution is 2.13. The zero-order chi connectivity index (χ0) is 17.0. The fourth-order valence-corrected chi connectivity index (χ4v) is 2.31. The largest absolute Gasteiger partial charge is 0.492 e. The zero-order valence-corrected chi connectivity index (χ0v) is 16.7. The summed E-state index contributed by atoms with van der Waals surface area (Å²) in [5.41, 5.74) is 1.11. The number of halogens is 1. The van der Waals surface area contributed by atoms with Crippen molar-refractivity contribution in [2.24, 2.45) is 4.99 Å². The van der Waals surface area contributed by atoms with Crippen molar-refractivity contribution in [1.82, 2.24) is 10.6 Å². The molecule has 1 unspecified atom stereocenters. The Morgan fingerprint density at radius 2 is 1.68 bits per heavy atom. The van der Waals surface area contributed by atoms with Crippen LogP contribution in [0.2, 0.25) is 0 Å². The van der Waals surface area contributed by atoms with Crippen LogP contribution in [0.1, 0.15) is 11.5 Å². The quantitative estimate of drug-likeness (QED) is 0.248. The van der Waals surface area contributed by atoms with E-state index in [2.05, 4.69) is 15.6 Å². The Kier molecular flexibility index (Phi) is 10.7. The number of hydrogen-bond donors (Lipinski definition) is 3. The van der Waals surface area contributed by atoms with E-state index in [1.54, 1.807) is 7.05 Å². The summed E-state index contributed by atoms with van der Waals surface area (Å²) < 4.78 is 5.63. The van der Waals surface area contributed by atoms with Crippen LogP contribution in [0, 0.1) is 0 Å². The Morgan fingerprint density at radius 3 is 2.28 bits per heavy atom. The lowest BCUT2D eigenvalue weighted by molar-refractivity contribution is 0.265. The van der Waals surface area contributed by atoms with Crippen molar-refractivity contribution in [3.63, 3.8) is 0 Å². The lowest BCUT2D eigenvalue weighted by Gasteiger charge is -2.18. The Bertz CT molecular complexity index is 609. The molecule has 0 heterocycles. The normalized spacial score (nSPS) is 12.0. The summed E-state index contributed by atoms with van der Waals surface area (Å²) >= 11 is 0. The first-order valence-electron chi connectivity index (χ1n) is 8.11. The molecule has 0 saturated carbocycles. The molecule has 5 nitrogen and oxygen atoms in total. The third-order valence-corrected chi connectivity index (χ3v) is 3.64. The van der Waals surface area contributed by atoms with Crippen LogP contribution in [0.3, 0.4) is 0 Å². The standard InChI is InChI=1S/C19H25N3O2.HI/c1-20-19(21-12-13-24-18-10-6-3-7-11-18)22-14-17(15-23)16-8-4-2-5-9-16;/h2-11,17,23H,12-15H2,1H3,(H2,20,21,22);1H. The number of ether oxygens (including phenoxy) is 1. The molecule has 0 amide bonds. The maximum Gasteiger partial charge on any atom is 0.191 e. The van der Waals surface area contributed by atoms with Crippen molar-refractivity contribution in [3.8, 4) is 5.75 Å². The molecule has 2 rings (SSSR count). The van der Waals surface area contributed by atoms with E-state index in [1.165, 1.54) is 0 Å². The van der Waals surface area contributed by atoms with E-state index in [0.717, 1.165) is 11.3 Å². The maximum atomic E-state index is 9.58. The third-order valence-electron chi connectivity index (χ3n) is 3.64. The summed E-state index contributed by atoms with van der Waals surface area (Å²) in [5, 5.41) is 16.0. The van der Waals surface area contributed by atoms with E-state index in [0.29, 0.717) is 25.7 Å². The van der Waals surface area contributed by atoms with E-state index >= 15 is 0 Å². The number of guanidine groups is 1. The van der Waals surface area contributed by atoms with Crippen LogP contribution in [0.4, 0.5) is 0 Å². The summed E-state index contributed by atoms with van der Waals surface area (Å²) in [6.07, 6.45) is 0. The molecule has 2 aromatic carbocycles. The van der Waals surface area contributed by atoms with Crippen molar-refractivity contribution in [2.75, 3.05) is 33.4 Å². The second kappa shape index (κ2) is 12.5. The van der Waals surface area contributed by atoms with Gasteiger partial charge in [-0.25, -0.2) is 0 Å². The molecule has 1 atom stereocenters. The fourth-order valence-electron chi connectivity index (χ4n) is 2.31. The van der Waals surface area contributed by atoms with Gasteiger partial charge in [0, 0.05) is 19.5 Å². The predicted molar refractivity (Wildman–Crippen MR) is 113 cm³/mol. The number of aliphatic hydroxyl groups excluding tert-OH is 1. The molecule has 0 bridgehead atoms. The number of rotatable bonds is 8. The Balaban J connectivity index is 0.00000312. The number of nitrogens with one attached hydrogen (secondary N) is 2. The second-order valence-corrected chi connectivity index (χ2v) is 5.33. The lowest BCUT2D eigenvalue weighted by Crippen LogP contribution is -2.41. The maximum absolute atomic E-state index is 9.58. The van der Waals surface area contributed by atoms with Crippen LogP contribution in [-0.2, 0) is 0 Å². The van der Waals surface area contributed by atoms with Gasteiger partial charge in [-0.05, 0) is 17.7 Å². The molecule has 2 aromatic rings. The minimum atomic E-state index is 0. The number of nitrogens with zero attached hydrogens (tertiary/aromatic N) is 1. The van der Waals surface area contributed by atoms with E-state index in [4.69, 9.17) is 4.74 Å². The number of benzene rings is 2. The van der Waals surface area contributed by atoms with Crippen molar-refractivity contribution in [3.05, 3.63) is 66.2 Å². The number of aliphatic hydroxyl groups is 1. The summed E-state index contributed by atoms with van der Waals surface area (Å²) in [7, 11) is 1.73. The third kappa shape index (κ3) is 7.74. The Hall–Kier alpha value is -1.80. The van der Waals surface area contributed by atoms with Gasteiger partial charge in [0.05, 0.1) is 13.2 Å². The molecule has 0 aromatic heterocycles. The summed E-state index contributed by atoms with van der Waals surface area (Å²) in [4.78, 5) is 4.19. The molecular formula is C19H26IN3O2. The monoisotopic (exact) mass is 455 g/mol. The van der Waals surface area contributed by atoms with Gasteiger partial charge < -0.3 is 20.5 Å². The van der Waals surface area contributed by atoms with E-state index in [9.17, 15) is 5.11 Å². The molecule has 0 spiro atoms. The number of hydrogen-bond acceptors (Lipinski definition) is 3. The summed E-state index contributed by atoms with van der Waals surface area (Å²) in [6, 6.07) is 19.7. The Morgan fingerprint density at radius 1 is 1.04 bits per heavy atom. The highest BCUT2D eigenvalue weighted by atomic mass is 127. The average Bonchev–Trinajstić information content (AvgIpc) is 2.65. The van der Waals surface area contributed by atoms with Crippen LogP contribution in [0.15, 0.2) is 65.7 Å².